The van der Waals surface area contributed by atoms with Gasteiger partial charge in [0.25, 0.3) is 0 Å². The number of aryl methyl sites for hydroxylation is 1. The number of hydrogen-bond acceptors (Lipinski definition) is 7. The van der Waals surface area contributed by atoms with Crippen molar-refractivity contribution in [3.05, 3.63) is 66.5 Å². The van der Waals surface area contributed by atoms with Crippen molar-refractivity contribution in [1.82, 2.24) is 15.0 Å². The molecule has 0 amide bonds. The molecule has 0 radical (unpaired) electrons. The summed E-state index contributed by atoms with van der Waals surface area (Å²) in [5.74, 6) is 0.682. The maximum Gasteiger partial charge on any atom is 0.232 e. The minimum Gasteiger partial charge on any atom is -0.437 e. The second-order valence-corrected chi connectivity index (χ2v) is 9.18. The number of sulfonamides is 1. The zero-order valence-electron chi connectivity index (χ0n) is 17.8. The van der Waals surface area contributed by atoms with Gasteiger partial charge in [-0.2, -0.15) is 0 Å². The van der Waals surface area contributed by atoms with Crippen LogP contribution in [0.2, 0.25) is 0 Å². The zero-order valence-corrected chi connectivity index (χ0v) is 18.6. The number of alkyl halides is 1. The van der Waals surface area contributed by atoms with E-state index in [0.29, 0.717) is 39.3 Å². The van der Waals surface area contributed by atoms with Gasteiger partial charge in [-0.25, -0.2) is 23.4 Å². The Morgan fingerprint density at radius 3 is 2.67 bits per heavy atom. The number of hydrogen-bond donors (Lipinski definition) is 2. The third-order valence-electron chi connectivity index (χ3n) is 4.94. The number of rotatable bonds is 8. The van der Waals surface area contributed by atoms with Crippen LogP contribution in [0.4, 0.5) is 16.0 Å². The van der Waals surface area contributed by atoms with Crippen molar-refractivity contribution in [2.45, 2.75) is 13.3 Å². The number of anilines is 2. The van der Waals surface area contributed by atoms with Gasteiger partial charge in [0.05, 0.1) is 29.4 Å². The molecule has 2 heterocycles. The monoisotopic (exact) mass is 467 g/mol. The second kappa shape index (κ2) is 9.37. The van der Waals surface area contributed by atoms with Crippen LogP contribution in [-0.2, 0) is 10.0 Å². The fourth-order valence-electron chi connectivity index (χ4n) is 3.41. The summed E-state index contributed by atoms with van der Waals surface area (Å²) in [6.45, 7) is 1.19. The van der Waals surface area contributed by atoms with E-state index in [1.807, 2.05) is 31.2 Å². The molecule has 10 heteroatoms. The second-order valence-electron chi connectivity index (χ2n) is 7.33. The van der Waals surface area contributed by atoms with E-state index in [4.69, 9.17) is 10.5 Å². The predicted octanol–water partition coefficient (Wildman–Crippen LogP) is 4.48. The Hall–Kier alpha value is -3.79. The summed E-state index contributed by atoms with van der Waals surface area (Å²) in [4.78, 5) is 12.5. The number of aromatic nitrogens is 3. The van der Waals surface area contributed by atoms with Gasteiger partial charge in [0, 0.05) is 23.2 Å². The van der Waals surface area contributed by atoms with Crippen molar-refractivity contribution in [3.63, 3.8) is 0 Å². The highest BCUT2D eigenvalue weighted by Crippen LogP contribution is 2.38. The van der Waals surface area contributed by atoms with Crippen LogP contribution >= 0.6 is 0 Å². The number of pyridine rings is 1. The van der Waals surface area contributed by atoms with Gasteiger partial charge in [0.1, 0.15) is 5.75 Å². The van der Waals surface area contributed by atoms with Gasteiger partial charge >= 0.3 is 0 Å². The topological polar surface area (TPSA) is 120 Å². The van der Waals surface area contributed by atoms with E-state index in [0.717, 1.165) is 5.56 Å². The smallest absolute Gasteiger partial charge is 0.232 e. The van der Waals surface area contributed by atoms with Crippen molar-refractivity contribution in [2.75, 3.05) is 22.9 Å². The molecule has 8 nitrogen and oxygen atoms in total. The Kier molecular flexibility index (Phi) is 6.36. The summed E-state index contributed by atoms with van der Waals surface area (Å²) in [5.41, 5.74) is 8.15. The van der Waals surface area contributed by atoms with E-state index < -0.39 is 16.7 Å². The SMILES string of the molecule is Cc1ccc2c(NS(=O)(=O)CCCF)cccc2c1Oc1ncccc1-c1ccnc(N)n1. The lowest BCUT2D eigenvalue weighted by molar-refractivity contribution is 0.466. The molecular weight excluding hydrogens is 445 g/mol. The summed E-state index contributed by atoms with van der Waals surface area (Å²) in [6, 6.07) is 14.2. The molecule has 4 rings (SSSR count). The number of nitrogens with zero attached hydrogens (tertiary/aromatic N) is 3. The molecule has 0 aliphatic heterocycles. The van der Waals surface area contributed by atoms with Crippen molar-refractivity contribution in [3.8, 4) is 22.9 Å². The first-order chi connectivity index (χ1) is 15.9. The molecule has 0 aliphatic rings. The predicted molar refractivity (Wildman–Crippen MR) is 126 cm³/mol. The summed E-state index contributed by atoms with van der Waals surface area (Å²) >= 11 is 0. The number of halogens is 1. The average Bonchev–Trinajstić information content (AvgIpc) is 2.80. The van der Waals surface area contributed by atoms with Crippen molar-refractivity contribution in [1.29, 1.82) is 0 Å². The van der Waals surface area contributed by atoms with Crippen molar-refractivity contribution >= 4 is 32.4 Å². The molecule has 0 saturated carbocycles. The van der Waals surface area contributed by atoms with Gasteiger partial charge < -0.3 is 10.5 Å². The van der Waals surface area contributed by atoms with Crippen molar-refractivity contribution < 1.29 is 17.5 Å². The molecule has 33 heavy (non-hydrogen) atoms. The summed E-state index contributed by atoms with van der Waals surface area (Å²) in [7, 11) is -3.69. The van der Waals surface area contributed by atoms with Gasteiger partial charge in [-0.3, -0.25) is 9.11 Å². The van der Waals surface area contributed by atoms with E-state index in [1.165, 1.54) is 0 Å². The Morgan fingerprint density at radius 2 is 1.88 bits per heavy atom. The minimum atomic E-state index is -3.69. The van der Waals surface area contributed by atoms with Crippen LogP contribution in [0.25, 0.3) is 22.0 Å². The van der Waals surface area contributed by atoms with E-state index >= 15 is 0 Å². The number of nitrogen functional groups attached to an aromatic ring is 1. The lowest BCUT2D eigenvalue weighted by atomic mass is 10.0. The zero-order chi connectivity index (χ0) is 23.4. The van der Waals surface area contributed by atoms with Crippen LogP contribution < -0.4 is 15.2 Å². The molecule has 2 aromatic carbocycles. The van der Waals surface area contributed by atoms with Crippen LogP contribution in [0.15, 0.2) is 60.9 Å². The molecule has 0 atom stereocenters. The van der Waals surface area contributed by atoms with E-state index in [-0.39, 0.29) is 18.1 Å². The van der Waals surface area contributed by atoms with Crippen LogP contribution in [0, 0.1) is 6.92 Å². The maximum absolute atomic E-state index is 12.5. The van der Waals surface area contributed by atoms with Crippen LogP contribution in [0.5, 0.6) is 11.6 Å². The molecule has 170 valence electrons. The highest BCUT2D eigenvalue weighted by atomic mass is 32.2. The van der Waals surface area contributed by atoms with Crippen LogP contribution in [-0.4, -0.2) is 35.8 Å². The van der Waals surface area contributed by atoms with Gasteiger partial charge in [0.15, 0.2) is 0 Å². The molecule has 0 unspecified atom stereocenters. The molecular formula is C23H22FN5O3S. The standard InChI is InChI=1S/C23H22FN5O3S/c1-15-8-9-16-17(5-2-7-20(16)29-33(30,31)14-4-11-24)21(15)32-22-18(6-3-12-26-22)19-10-13-27-23(25)28-19/h2-3,5-10,12-13,29H,4,11,14H2,1H3,(H2,25,27,28). The highest BCUT2D eigenvalue weighted by molar-refractivity contribution is 7.92. The molecule has 0 fully saturated rings. The molecule has 3 N–H and O–H groups in total. The molecule has 0 aliphatic carbocycles. The highest BCUT2D eigenvalue weighted by Gasteiger charge is 2.17. The van der Waals surface area contributed by atoms with Gasteiger partial charge in [-0.05, 0) is 43.2 Å². The largest absolute Gasteiger partial charge is 0.437 e. The van der Waals surface area contributed by atoms with Gasteiger partial charge in [-0.1, -0.05) is 24.3 Å². The third kappa shape index (κ3) is 5.01. The van der Waals surface area contributed by atoms with Crippen LogP contribution in [0.3, 0.4) is 0 Å². The number of nitrogens with two attached hydrogens (primary N) is 1. The Morgan fingerprint density at radius 1 is 1.03 bits per heavy atom. The van der Waals surface area contributed by atoms with E-state index in [1.54, 1.807) is 36.7 Å². The Bertz CT molecular complexity index is 1410. The molecule has 0 saturated heterocycles. The Labute approximate surface area is 190 Å². The maximum atomic E-state index is 12.5. The normalized spacial score (nSPS) is 11.5. The fraction of sp³-hybridized carbons (Fsp3) is 0.174. The molecule has 0 bridgehead atoms. The first-order valence-corrected chi connectivity index (χ1v) is 11.8. The number of ether oxygens (including phenoxy) is 1. The quantitative estimate of drug-likeness (QED) is 0.392. The van der Waals surface area contributed by atoms with Gasteiger partial charge in [0.2, 0.25) is 21.9 Å². The lowest BCUT2D eigenvalue weighted by Gasteiger charge is -2.16. The fourth-order valence-corrected chi connectivity index (χ4v) is 4.52. The first-order valence-electron chi connectivity index (χ1n) is 10.2. The summed E-state index contributed by atoms with van der Waals surface area (Å²) < 4.78 is 45.9. The van der Waals surface area contributed by atoms with Crippen molar-refractivity contribution in [2.24, 2.45) is 0 Å². The first kappa shape index (κ1) is 22.4. The average molecular weight is 468 g/mol. The Balaban J connectivity index is 1.77. The summed E-state index contributed by atoms with van der Waals surface area (Å²) in [6.07, 6.45) is 3.09. The molecule has 0 spiro atoms. The summed E-state index contributed by atoms with van der Waals surface area (Å²) in [5, 5.41) is 1.34. The van der Waals surface area contributed by atoms with Gasteiger partial charge in [-0.15, -0.1) is 0 Å². The molecule has 4 aromatic rings. The van der Waals surface area contributed by atoms with E-state index in [2.05, 4.69) is 19.7 Å². The van der Waals surface area contributed by atoms with E-state index in [9.17, 15) is 12.8 Å². The third-order valence-corrected chi connectivity index (χ3v) is 6.30. The molecule has 2 aromatic heterocycles. The lowest BCUT2D eigenvalue weighted by Crippen LogP contribution is -2.17. The van der Waals surface area contributed by atoms with Crippen LogP contribution in [0.1, 0.15) is 12.0 Å². The number of benzene rings is 2. The minimum absolute atomic E-state index is 0.0659. The number of fused-ring (bicyclic) bond motifs is 1. The number of nitrogens with one attached hydrogen (secondary N) is 1.